The van der Waals surface area contributed by atoms with E-state index in [-0.39, 0.29) is 11.9 Å². The summed E-state index contributed by atoms with van der Waals surface area (Å²) < 4.78 is 3.66. The molecule has 1 saturated carbocycles. The van der Waals surface area contributed by atoms with E-state index in [1.165, 1.54) is 11.5 Å². The van der Waals surface area contributed by atoms with Crippen LogP contribution in [-0.4, -0.2) is 27.6 Å². The summed E-state index contributed by atoms with van der Waals surface area (Å²) in [4.78, 5) is 11.6. The van der Waals surface area contributed by atoms with Gasteiger partial charge in [-0.15, -0.1) is 5.10 Å². The van der Waals surface area contributed by atoms with Gasteiger partial charge in [0.05, 0.1) is 0 Å². The van der Waals surface area contributed by atoms with Crippen LogP contribution in [0.3, 0.4) is 0 Å². The fraction of sp³-hybridized carbons (Fsp3) is 0.667. The van der Waals surface area contributed by atoms with Crippen LogP contribution in [0.2, 0.25) is 0 Å². The third-order valence-corrected chi connectivity index (χ3v) is 3.20. The zero-order chi connectivity index (χ0) is 10.7. The van der Waals surface area contributed by atoms with Gasteiger partial charge in [-0.2, -0.15) is 0 Å². The standard InChI is InChI=1S/C9H14N4OS/c10-6-1-3-7(4-2-6)11-9(14)8-5-15-13-12-8/h5-7H,1-4,10H2,(H,11,14). The van der Waals surface area contributed by atoms with Crippen LogP contribution in [0.1, 0.15) is 36.2 Å². The maximum Gasteiger partial charge on any atom is 0.272 e. The average Bonchev–Trinajstić information content (AvgIpc) is 2.74. The summed E-state index contributed by atoms with van der Waals surface area (Å²) in [6.45, 7) is 0. The van der Waals surface area contributed by atoms with Crippen LogP contribution in [0.5, 0.6) is 0 Å². The molecule has 5 nitrogen and oxygen atoms in total. The Morgan fingerprint density at radius 1 is 1.47 bits per heavy atom. The van der Waals surface area contributed by atoms with Crippen LogP contribution in [0.4, 0.5) is 0 Å². The number of hydrogen-bond acceptors (Lipinski definition) is 5. The van der Waals surface area contributed by atoms with E-state index in [1.54, 1.807) is 5.38 Å². The number of amides is 1. The van der Waals surface area contributed by atoms with E-state index < -0.39 is 0 Å². The first-order valence-corrected chi connectivity index (χ1v) is 5.93. The fourth-order valence-electron chi connectivity index (χ4n) is 1.79. The van der Waals surface area contributed by atoms with Gasteiger partial charge in [0.2, 0.25) is 0 Å². The van der Waals surface area contributed by atoms with Crippen LogP contribution in [0.25, 0.3) is 0 Å². The van der Waals surface area contributed by atoms with Crippen molar-refractivity contribution in [1.29, 1.82) is 0 Å². The molecule has 1 fully saturated rings. The maximum atomic E-state index is 11.6. The summed E-state index contributed by atoms with van der Waals surface area (Å²) in [5.74, 6) is -0.121. The number of aromatic nitrogens is 2. The number of nitrogens with one attached hydrogen (secondary N) is 1. The molecule has 82 valence electrons. The molecule has 15 heavy (non-hydrogen) atoms. The summed E-state index contributed by atoms with van der Waals surface area (Å²) in [6, 6.07) is 0.554. The van der Waals surface area contributed by atoms with Crippen molar-refractivity contribution < 1.29 is 4.79 Å². The first-order valence-electron chi connectivity index (χ1n) is 5.09. The Labute approximate surface area is 92.2 Å². The monoisotopic (exact) mass is 226 g/mol. The summed E-state index contributed by atoms with van der Waals surface area (Å²) in [7, 11) is 0. The Morgan fingerprint density at radius 3 is 2.80 bits per heavy atom. The van der Waals surface area contributed by atoms with Gasteiger partial charge in [-0.25, -0.2) is 0 Å². The number of rotatable bonds is 2. The lowest BCUT2D eigenvalue weighted by molar-refractivity contribution is 0.0921. The predicted molar refractivity (Wildman–Crippen MR) is 57.6 cm³/mol. The first-order chi connectivity index (χ1) is 7.25. The third kappa shape index (κ3) is 2.73. The van der Waals surface area contributed by atoms with Crippen molar-refractivity contribution in [2.45, 2.75) is 37.8 Å². The highest BCUT2D eigenvalue weighted by molar-refractivity contribution is 7.03. The molecule has 1 heterocycles. The molecule has 0 saturated heterocycles. The minimum Gasteiger partial charge on any atom is -0.348 e. The van der Waals surface area contributed by atoms with Crippen molar-refractivity contribution in [2.75, 3.05) is 0 Å². The molecule has 1 amide bonds. The largest absolute Gasteiger partial charge is 0.348 e. The summed E-state index contributed by atoms with van der Waals surface area (Å²) in [5, 5.41) is 8.34. The number of carbonyl (C=O) groups excluding carboxylic acids is 1. The normalized spacial score (nSPS) is 26.2. The van der Waals surface area contributed by atoms with Gasteiger partial charge >= 0.3 is 0 Å². The van der Waals surface area contributed by atoms with Gasteiger partial charge in [0.1, 0.15) is 0 Å². The summed E-state index contributed by atoms with van der Waals surface area (Å²) in [6.07, 6.45) is 3.90. The number of nitrogens with two attached hydrogens (primary N) is 1. The number of carbonyl (C=O) groups is 1. The van der Waals surface area contributed by atoms with Crippen LogP contribution < -0.4 is 11.1 Å². The molecule has 1 aliphatic rings. The Bertz CT molecular complexity index is 319. The average molecular weight is 226 g/mol. The molecule has 1 aromatic heterocycles. The van der Waals surface area contributed by atoms with E-state index in [0.29, 0.717) is 11.7 Å². The SMILES string of the molecule is NC1CCC(NC(=O)c2csnn2)CC1. The van der Waals surface area contributed by atoms with Crippen molar-refractivity contribution in [2.24, 2.45) is 5.73 Å². The molecule has 0 radical (unpaired) electrons. The van der Waals surface area contributed by atoms with E-state index in [0.717, 1.165) is 25.7 Å². The fourth-order valence-corrected chi connectivity index (χ4v) is 2.22. The van der Waals surface area contributed by atoms with E-state index in [2.05, 4.69) is 14.9 Å². The second kappa shape index (κ2) is 4.67. The van der Waals surface area contributed by atoms with E-state index in [1.807, 2.05) is 0 Å². The Balaban J connectivity index is 1.85. The molecule has 1 aliphatic carbocycles. The van der Waals surface area contributed by atoms with Gasteiger partial charge in [0.15, 0.2) is 5.69 Å². The zero-order valence-electron chi connectivity index (χ0n) is 8.35. The molecular weight excluding hydrogens is 212 g/mol. The quantitative estimate of drug-likeness (QED) is 0.771. The molecule has 0 bridgehead atoms. The smallest absolute Gasteiger partial charge is 0.272 e. The van der Waals surface area contributed by atoms with Crippen molar-refractivity contribution in [1.82, 2.24) is 14.9 Å². The lowest BCUT2D eigenvalue weighted by Crippen LogP contribution is -2.40. The van der Waals surface area contributed by atoms with Crippen LogP contribution in [0, 0.1) is 0 Å². The second-order valence-corrected chi connectivity index (χ2v) is 4.49. The van der Waals surface area contributed by atoms with Crippen LogP contribution in [-0.2, 0) is 0 Å². The zero-order valence-corrected chi connectivity index (χ0v) is 9.17. The molecule has 1 aromatic rings. The topological polar surface area (TPSA) is 80.9 Å². The molecule has 0 atom stereocenters. The minimum absolute atomic E-state index is 0.121. The molecule has 6 heteroatoms. The first kappa shape index (κ1) is 10.5. The molecule has 0 unspecified atom stereocenters. The molecule has 0 aliphatic heterocycles. The van der Waals surface area contributed by atoms with Gasteiger partial charge in [-0.3, -0.25) is 4.79 Å². The van der Waals surface area contributed by atoms with Gasteiger partial charge < -0.3 is 11.1 Å². The predicted octanol–water partition coefficient (Wildman–Crippen LogP) is 0.538. The highest BCUT2D eigenvalue weighted by Crippen LogP contribution is 2.17. The van der Waals surface area contributed by atoms with E-state index in [9.17, 15) is 4.79 Å². The lowest BCUT2D eigenvalue weighted by atomic mass is 9.92. The molecule has 3 N–H and O–H groups in total. The van der Waals surface area contributed by atoms with Gasteiger partial charge in [0.25, 0.3) is 5.91 Å². The number of hydrogen-bond donors (Lipinski definition) is 2. The highest BCUT2D eigenvalue weighted by Gasteiger charge is 2.21. The molecule has 0 aromatic carbocycles. The summed E-state index contributed by atoms with van der Waals surface area (Å²) >= 11 is 1.19. The molecule has 0 spiro atoms. The van der Waals surface area contributed by atoms with Gasteiger partial charge in [0, 0.05) is 17.5 Å². The van der Waals surface area contributed by atoms with Crippen LogP contribution >= 0.6 is 11.5 Å². The van der Waals surface area contributed by atoms with E-state index >= 15 is 0 Å². The van der Waals surface area contributed by atoms with Gasteiger partial charge in [-0.05, 0) is 37.2 Å². The Morgan fingerprint density at radius 2 is 2.20 bits per heavy atom. The summed E-state index contributed by atoms with van der Waals surface area (Å²) in [5.41, 5.74) is 6.20. The van der Waals surface area contributed by atoms with Crippen molar-refractivity contribution in [3.05, 3.63) is 11.1 Å². The highest BCUT2D eigenvalue weighted by atomic mass is 32.1. The van der Waals surface area contributed by atoms with Crippen molar-refractivity contribution >= 4 is 17.4 Å². The van der Waals surface area contributed by atoms with E-state index in [4.69, 9.17) is 5.73 Å². The second-order valence-electron chi connectivity index (χ2n) is 3.88. The minimum atomic E-state index is -0.121. The van der Waals surface area contributed by atoms with Crippen LogP contribution in [0.15, 0.2) is 5.38 Å². The third-order valence-electron chi connectivity index (χ3n) is 2.70. The Kier molecular flexibility index (Phi) is 3.27. The molecule has 2 rings (SSSR count). The maximum absolute atomic E-state index is 11.6. The van der Waals surface area contributed by atoms with Gasteiger partial charge in [-0.1, -0.05) is 4.49 Å². The Hall–Kier alpha value is -1.01. The van der Waals surface area contributed by atoms with Crippen molar-refractivity contribution in [3.8, 4) is 0 Å². The molecular formula is C9H14N4OS. The van der Waals surface area contributed by atoms with Crippen molar-refractivity contribution in [3.63, 3.8) is 0 Å². The lowest BCUT2D eigenvalue weighted by Gasteiger charge is -2.26. The number of nitrogens with zero attached hydrogens (tertiary/aromatic N) is 2.